The van der Waals surface area contributed by atoms with Crippen LogP contribution in [0.15, 0.2) is 0 Å². The summed E-state index contributed by atoms with van der Waals surface area (Å²) in [5.74, 6) is 0. The van der Waals surface area contributed by atoms with Gasteiger partial charge in [-0.1, -0.05) is 20.3 Å². The van der Waals surface area contributed by atoms with Crippen LogP contribution in [0.2, 0.25) is 0 Å². The predicted molar refractivity (Wildman–Crippen MR) is 59.9 cm³/mol. The van der Waals surface area contributed by atoms with Gasteiger partial charge in [0.1, 0.15) is 0 Å². The summed E-state index contributed by atoms with van der Waals surface area (Å²) in [6.07, 6.45) is 3.82. The minimum absolute atomic E-state index is 0.00414. The van der Waals surface area contributed by atoms with Crippen molar-refractivity contribution in [1.29, 1.82) is 0 Å². The molecule has 0 saturated heterocycles. The molecule has 1 aliphatic carbocycles. The zero-order valence-electron chi connectivity index (χ0n) is 10.2. The Morgan fingerprint density at radius 2 is 2.07 bits per heavy atom. The molecule has 0 aliphatic heterocycles. The van der Waals surface area contributed by atoms with E-state index in [1.54, 1.807) is 7.11 Å². The molecule has 2 unspecified atom stereocenters. The molecule has 0 amide bonds. The van der Waals surface area contributed by atoms with Crippen molar-refractivity contribution < 1.29 is 14.6 Å². The molecule has 0 spiro atoms. The Balaban J connectivity index is 2.28. The van der Waals surface area contributed by atoms with Crippen LogP contribution in [0, 0.1) is 5.41 Å². The highest BCUT2D eigenvalue weighted by atomic mass is 16.5. The van der Waals surface area contributed by atoms with E-state index in [0.29, 0.717) is 6.61 Å². The molecule has 0 aromatic carbocycles. The molecular formula is C12H24O3. The minimum atomic E-state index is -0.325. The van der Waals surface area contributed by atoms with E-state index in [1.807, 2.05) is 0 Å². The average molecular weight is 216 g/mol. The molecule has 90 valence electrons. The van der Waals surface area contributed by atoms with E-state index >= 15 is 0 Å². The summed E-state index contributed by atoms with van der Waals surface area (Å²) >= 11 is 0. The zero-order valence-corrected chi connectivity index (χ0v) is 10.2. The van der Waals surface area contributed by atoms with E-state index in [2.05, 4.69) is 13.8 Å². The van der Waals surface area contributed by atoms with Crippen molar-refractivity contribution in [3.63, 3.8) is 0 Å². The third-order valence-electron chi connectivity index (χ3n) is 3.29. The molecule has 1 fully saturated rings. The Labute approximate surface area is 92.8 Å². The molecule has 0 aromatic heterocycles. The number of ether oxygens (including phenoxy) is 2. The highest BCUT2D eigenvalue weighted by molar-refractivity contribution is 4.88. The van der Waals surface area contributed by atoms with Gasteiger partial charge in [0, 0.05) is 20.3 Å². The Kier molecular flexibility index (Phi) is 5.03. The van der Waals surface area contributed by atoms with Gasteiger partial charge in [0.25, 0.3) is 0 Å². The van der Waals surface area contributed by atoms with Gasteiger partial charge in [-0.25, -0.2) is 0 Å². The Hall–Kier alpha value is -0.120. The van der Waals surface area contributed by atoms with E-state index < -0.39 is 0 Å². The molecule has 1 rings (SSSR count). The molecule has 1 saturated carbocycles. The van der Waals surface area contributed by atoms with Gasteiger partial charge in [-0.15, -0.1) is 0 Å². The van der Waals surface area contributed by atoms with Crippen molar-refractivity contribution in [2.24, 2.45) is 5.41 Å². The SMILES string of the molecule is COCCCOC1CCCC(C)(C)C1O. The first-order chi connectivity index (χ1) is 7.08. The van der Waals surface area contributed by atoms with Gasteiger partial charge in [0.05, 0.1) is 12.2 Å². The number of aliphatic hydroxyl groups excluding tert-OH is 1. The number of rotatable bonds is 5. The normalized spacial score (nSPS) is 30.4. The van der Waals surface area contributed by atoms with Gasteiger partial charge in [-0.3, -0.25) is 0 Å². The predicted octanol–water partition coefficient (Wildman–Crippen LogP) is 1.98. The quantitative estimate of drug-likeness (QED) is 0.714. The molecule has 0 radical (unpaired) electrons. The van der Waals surface area contributed by atoms with Gasteiger partial charge in [0.15, 0.2) is 0 Å². The van der Waals surface area contributed by atoms with Gasteiger partial charge < -0.3 is 14.6 Å². The van der Waals surface area contributed by atoms with Crippen molar-refractivity contribution in [2.45, 2.75) is 51.7 Å². The maximum absolute atomic E-state index is 10.1. The van der Waals surface area contributed by atoms with Crippen LogP contribution in [0.5, 0.6) is 0 Å². The van der Waals surface area contributed by atoms with E-state index in [0.717, 1.165) is 32.3 Å². The maximum atomic E-state index is 10.1. The molecule has 3 heteroatoms. The van der Waals surface area contributed by atoms with Crippen LogP contribution in [0.3, 0.4) is 0 Å². The topological polar surface area (TPSA) is 38.7 Å². The lowest BCUT2D eigenvalue weighted by molar-refractivity contribution is -0.114. The maximum Gasteiger partial charge on any atom is 0.0852 e. The molecule has 0 heterocycles. The van der Waals surface area contributed by atoms with Crippen molar-refractivity contribution in [2.75, 3.05) is 20.3 Å². The van der Waals surface area contributed by atoms with Gasteiger partial charge in [-0.05, 0) is 24.7 Å². The summed E-state index contributed by atoms with van der Waals surface area (Å²) in [5, 5.41) is 10.1. The van der Waals surface area contributed by atoms with Crippen LogP contribution in [0.4, 0.5) is 0 Å². The number of aliphatic hydroxyl groups is 1. The Morgan fingerprint density at radius 3 is 2.73 bits per heavy atom. The second-order valence-corrected chi connectivity index (χ2v) is 5.08. The van der Waals surface area contributed by atoms with Crippen molar-refractivity contribution in [3.8, 4) is 0 Å². The van der Waals surface area contributed by atoms with Gasteiger partial charge in [0.2, 0.25) is 0 Å². The number of hydrogen-bond donors (Lipinski definition) is 1. The van der Waals surface area contributed by atoms with Gasteiger partial charge >= 0.3 is 0 Å². The largest absolute Gasteiger partial charge is 0.390 e. The summed E-state index contributed by atoms with van der Waals surface area (Å²) in [4.78, 5) is 0. The average Bonchev–Trinajstić information content (AvgIpc) is 2.19. The third kappa shape index (κ3) is 3.74. The van der Waals surface area contributed by atoms with E-state index in [4.69, 9.17) is 9.47 Å². The van der Waals surface area contributed by atoms with Crippen LogP contribution in [0.1, 0.15) is 39.5 Å². The molecule has 3 nitrogen and oxygen atoms in total. The monoisotopic (exact) mass is 216 g/mol. The standard InChI is InChI=1S/C12H24O3/c1-12(2)7-4-6-10(11(12)13)15-9-5-8-14-3/h10-11,13H,4-9H2,1-3H3. The van der Waals surface area contributed by atoms with Crippen molar-refractivity contribution in [3.05, 3.63) is 0 Å². The summed E-state index contributed by atoms with van der Waals surface area (Å²) in [6.45, 7) is 5.64. The van der Waals surface area contributed by atoms with E-state index in [-0.39, 0.29) is 17.6 Å². The molecule has 0 aromatic rings. The first kappa shape index (κ1) is 12.9. The molecule has 1 aliphatic rings. The third-order valence-corrected chi connectivity index (χ3v) is 3.29. The summed E-state index contributed by atoms with van der Waals surface area (Å²) in [7, 11) is 1.69. The lowest BCUT2D eigenvalue weighted by Gasteiger charge is -2.40. The van der Waals surface area contributed by atoms with Crippen LogP contribution < -0.4 is 0 Å². The highest BCUT2D eigenvalue weighted by Crippen LogP contribution is 2.36. The number of hydrogen-bond acceptors (Lipinski definition) is 3. The van der Waals surface area contributed by atoms with E-state index in [1.165, 1.54) is 0 Å². The lowest BCUT2D eigenvalue weighted by Crippen LogP contribution is -2.44. The second-order valence-electron chi connectivity index (χ2n) is 5.08. The first-order valence-corrected chi connectivity index (χ1v) is 5.86. The summed E-state index contributed by atoms with van der Waals surface area (Å²) in [5.41, 5.74) is 0.00414. The Morgan fingerprint density at radius 1 is 1.33 bits per heavy atom. The van der Waals surface area contributed by atoms with Crippen molar-refractivity contribution >= 4 is 0 Å². The molecule has 15 heavy (non-hydrogen) atoms. The van der Waals surface area contributed by atoms with Crippen molar-refractivity contribution in [1.82, 2.24) is 0 Å². The fourth-order valence-electron chi connectivity index (χ4n) is 2.18. The number of methoxy groups -OCH3 is 1. The smallest absolute Gasteiger partial charge is 0.0852 e. The van der Waals surface area contributed by atoms with Gasteiger partial charge in [-0.2, -0.15) is 0 Å². The minimum Gasteiger partial charge on any atom is -0.390 e. The molecule has 0 bridgehead atoms. The fraction of sp³-hybridized carbons (Fsp3) is 1.00. The lowest BCUT2D eigenvalue weighted by atomic mass is 9.73. The zero-order chi connectivity index (χ0) is 11.3. The molecular weight excluding hydrogens is 192 g/mol. The molecule has 2 atom stereocenters. The second kappa shape index (κ2) is 5.83. The Bertz CT molecular complexity index is 180. The summed E-state index contributed by atoms with van der Waals surface area (Å²) in [6, 6.07) is 0. The van der Waals surface area contributed by atoms with Crippen LogP contribution in [-0.4, -0.2) is 37.6 Å². The van der Waals surface area contributed by atoms with E-state index in [9.17, 15) is 5.11 Å². The van der Waals surface area contributed by atoms with Crippen LogP contribution >= 0.6 is 0 Å². The summed E-state index contributed by atoms with van der Waals surface area (Å²) < 4.78 is 10.7. The fourth-order valence-corrected chi connectivity index (χ4v) is 2.18. The molecule has 1 N–H and O–H groups in total. The first-order valence-electron chi connectivity index (χ1n) is 5.86. The highest BCUT2D eigenvalue weighted by Gasteiger charge is 2.38. The van der Waals surface area contributed by atoms with Crippen LogP contribution in [0.25, 0.3) is 0 Å². The van der Waals surface area contributed by atoms with Crippen LogP contribution in [-0.2, 0) is 9.47 Å².